The topological polar surface area (TPSA) is 0 Å². The molecule has 1 radical (unpaired) electrons. The molecule has 0 nitrogen and oxygen atoms in total. The quantitative estimate of drug-likeness (QED) is 0.222. The normalized spacial score (nSPS) is 9.92. The summed E-state index contributed by atoms with van der Waals surface area (Å²) in [6.45, 7) is 11.1. The van der Waals surface area contributed by atoms with Crippen molar-refractivity contribution in [2.24, 2.45) is 0 Å². The molecule has 0 saturated heterocycles. The van der Waals surface area contributed by atoms with E-state index in [9.17, 15) is 0 Å². The number of hydrogen-bond acceptors (Lipinski definition) is 0. The minimum atomic E-state index is 0. The van der Waals surface area contributed by atoms with Crippen molar-refractivity contribution in [1.82, 2.24) is 0 Å². The van der Waals surface area contributed by atoms with Crippen LogP contribution in [0.5, 0.6) is 0 Å². The van der Waals surface area contributed by atoms with Crippen LogP contribution in [-0.2, 0) is 26.2 Å². The Morgan fingerprint density at radius 3 is 1.38 bits per heavy atom. The molecule has 0 aliphatic carbocycles. The molecule has 4 aromatic rings. The first-order chi connectivity index (χ1) is 12.0. The molecule has 26 heavy (non-hydrogen) atoms. The molecule has 4 rings (SSSR count). The van der Waals surface area contributed by atoms with Crippen LogP contribution >= 0.6 is 0 Å². The van der Waals surface area contributed by atoms with E-state index >= 15 is 0 Å². The molecule has 0 heterocycles. The Labute approximate surface area is 180 Å². The van der Waals surface area contributed by atoms with Crippen molar-refractivity contribution >= 4 is 31.1 Å². The van der Waals surface area contributed by atoms with Gasteiger partial charge >= 0.3 is 26.2 Å². The zero-order chi connectivity index (χ0) is 18.2. The van der Waals surface area contributed by atoms with Crippen LogP contribution in [0.3, 0.4) is 0 Å². The fourth-order valence-electron chi connectivity index (χ4n) is 2.61. The smallest absolute Gasteiger partial charge is 0.165 e. The molecule has 0 fully saturated rings. The predicted molar refractivity (Wildman–Crippen MR) is 117 cm³/mol. The van der Waals surface area contributed by atoms with Gasteiger partial charge in [-0.05, 0) is 0 Å². The summed E-state index contributed by atoms with van der Waals surface area (Å²) in [7, 11) is 0.731. The van der Waals surface area contributed by atoms with Crippen molar-refractivity contribution < 1.29 is 26.2 Å². The summed E-state index contributed by atoms with van der Waals surface area (Å²) in [6.07, 6.45) is 0. The van der Waals surface area contributed by atoms with E-state index in [-0.39, 0.29) is 26.2 Å². The van der Waals surface area contributed by atoms with Crippen molar-refractivity contribution in [3.8, 4) is 0 Å². The van der Waals surface area contributed by atoms with Gasteiger partial charge in [0.25, 0.3) is 0 Å². The fourth-order valence-corrected chi connectivity index (χ4v) is 2.61. The number of aryl methyl sites for hydroxylation is 2. The Morgan fingerprint density at radius 2 is 1.08 bits per heavy atom. The van der Waals surface area contributed by atoms with Crippen molar-refractivity contribution in [2.75, 3.05) is 0 Å². The average molecular weight is 437 g/mol. The molecule has 0 spiro atoms. The summed E-state index contributed by atoms with van der Waals surface area (Å²) in [5.74, 6) is 0. The van der Waals surface area contributed by atoms with Crippen molar-refractivity contribution in [1.29, 1.82) is 0 Å². The van der Waals surface area contributed by atoms with Crippen molar-refractivity contribution in [3.05, 3.63) is 83.9 Å². The third-order valence-corrected chi connectivity index (χ3v) is 5.52. The zero-order valence-corrected chi connectivity index (χ0v) is 20.2. The predicted octanol–water partition coefficient (Wildman–Crippen LogP) is 7.03. The summed E-state index contributed by atoms with van der Waals surface area (Å²) in [4.78, 5) is 0. The van der Waals surface area contributed by atoms with Gasteiger partial charge in [0, 0.05) is 9.52 Å². The van der Waals surface area contributed by atoms with Gasteiger partial charge in [0.2, 0.25) is 0 Å². The van der Waals surface area contributed by atoms with Gasteiger partial charge in [0.15, 0.2) is 0 Å². The van der Waals surface area contributed by atoms with Crippen LogP contribution in [0.15, 0.2) is 72.8 Å². The van der Waals surface area contributed by atoms with Gasteiger partial charge in [-0.3, -0.25) is 0 Å². The maximum absolute atomic E-state index is 2.28. The Hall–Kier alpha value is -1.24. The fraction of sp³-hybridized carbons (Fsp3) is 0.250. The summed E-state index contributed by atoms with van der Waals surface area (Å²) in [5.41, 5.74) is 3.66. The summed E-state index contributed by atoms with van der Waals surface area (Å²) in [6, 6.07) is 25.7. The van der Waals surface area contributed by atoms with E-state index in [0.717, 1.165) is 15.1 Å². The van der Waals surface area contributed by atoms with Crippen molar-refractivity contribution in [3.63, 3.8) is 0 Å². The molecule has 0 amide bonds. The van der Waals surface area contributed by atoms with Gasteiger partial charge in [0.05, 0.1) is 0 Å². The summed E-state index contributed by atoms with van der Waals surface area (Å²) >= 11 is 0. The minimum Gasteiger partial charge on any atom is -0.165 e. The van der Waals surface area contributed by atoms with Crippen LogP contribution in [0.2, 0.25) is 12.1 Å². The van der Waals surface area contributed by atoms with Crippen LogP contribution in [0.1, 0.15) is 25.0 Å². The Balaban J connectivity index is 0.000000204. The number of rotatable bonds is 1. The molecule has 0 aromatic heterocycles. The Morgan fingerprint density at radius 1 is 0.731 bits per heavy atom. The molecule has 0 aliphatic heterocycles. The second-order valence-electron chi connectivity index (χ2n) is 6.90. The van der Waals surface area contributed by atoms with Gasteiger partial charge in [-0.1, -0.05) is 51.9 Å². The summed E-state index contributed by atoms with van der Waals surface area (Å²) in [5, 5.41) is 5.39. The third kappa shape index (κ3) is 7.17. The van der Waals surface area contributed by atoms with Crippen LogP contribution in [-0.4, -0.2) is 9.52 Å². The molecule has 0 atom stereocenters. The molecule has 0 aliphatic rings. The van der Waals surface area contributed by atoms with E-state index < -0.39 is 0 Å². The number of fused-ring (bicyclic) bond motifs is 2. The maximum atomic E-state index is 2.28. The largest absolute Gasteiger partial charge is 2.00 e. The second kappa shape index (κ2) is 11.5. The van der Waals surface area contributed by atoms with Gasteiger partial charge in [0.1, 0.15) is 0 Å². The Bertz CT molecular complexity index is 761. The molecule has 2 heteroatoms. The van der Waals surface area contributed by atoms with Crippen LogP contribution in [0.4, 0.5) is 0 Å². The number of hydrogen-bond donors (Lipinski definition) is 0. The van der Waals surface area contributed by atoms with E-state index in [4.69, 9.17) is 0 Å². The third-order valence-electron chi connectivity index (χ3n) is 4.19. The van der Waals surface area contributed by atoms with E-state index in [1.54, 1.807) is 0 Å². The van der Waals surface area contributed by atoms with Crippen molar-refractivity contribution in [2.45, 2.75) is 39.8 Å². The van der Waals surface area contributed by atoms with Gasteiger partial charge in [-0.2, -0.15) is 12.1 Å². The van der Waals surface area contributed by atoms with E-state index in [1.165, 1.54) is 32.7 Å². The molecular formula is C24H29SiZr. The molecule has 0 bridgehead atoms. The molecule has 133 valence electrons. The number of benzene rings is 2. The second-order valence-corrected chi connectivity index (χ2v) is 8.90. The van der Waals surface area contributed by atoms with Gasteiger partial charge in [-0.15, -0.1) is 81.2 Å². The first kappa shape index (κ1) is 22.8. The molecule has 4 aromatic carbocycles. The first-order valence-corrected chi connectivity index (χ1v) is 10.9. The summed E-state index contributed by atoms with van der Waals surface area (Å²) < 4.78 is 0. The van der Waals surface area contributed by atoms with Crippen LogP contribution in [0.25, 0.3) is 21.5 Å². The van der Waals surface area contributed by atoms with E-state index in [1.807, 2.05) is 0 Å². The van der Waals surface area contributed by atoms with E-state index in [0.29, 0.717) is 0 Å². The standard InChI is InChI=1S/2C10H9.C4H11Si.Zr/c2*1-8-6-9-4-2-3-5-10(9)7-8;1-4(2)5-3;/h2*2-7H,1H3;4-5H,1-3H3;/q2*-1;;+2. The molecule has 0 saturated carbocycles. The molecular weight excluding hydrogens is 408 g/mol. The van der Waals surface area contributed by atoms with Gasteiger partial charge < -0.3 is 0 Å². The monoisotopic (exact) mass is 435 g/mol. The van der Waals surface area contributed by atoms with Crippen LogP contribution < -0.4 is 0 Å². The van der Waals surface area contributed by atoms with Crippen LogP contribution in [0, 0.1) is 13.8 Å². The molecule has 0 unspecified atom stereocenters. The van der Waals surface area contributed by atoms with E-state index in [2.05, 4.69) is 107 Å². The SMILES string of the molecule is C[SiH]C(C)C.Cc1cc2ccccc2[cH-]1.Cc1cc2ccccc2[cH-]1.[Zr+2]. The molecule has 0 N–H and O–H groups in total. The maximum Gasteiger partial charge on any atom is 2.00 e. The Kier molecular flexibility index (Phi) is 10.1. The van der Waals surface area contributed by atoms with Gasteiger partial charge in [-0.25, -0.2) is 0 Å². The zero-order valence-electron chi connectivity index (χ0n) is 16.6. The average Bonchev–Trinajstić information content (AvgIpc) is 3.16. The first-order valence-electron chi connectivity index (χ1n) is 9.03. The minimum absolute atomic E-state index is 0.